The third-order valence-corrected chi connectivity index (χ3v) is 4.76. The number of rotatable bonds is 8. The quantitative estimate of drug-likeness (QED) is 0.422. The number of amides is 1. The summed E-state index contributed by atoms with van der Waals surface area (Å²) >= 11 is 0. The van der Waals surface area contributed by atoms with Crippen LogP contribution < -0.4 is 10.7 Å². The zero-order chi connectivity index (χ0) is 21.5. The number of esters is 1. The van der Waals surface area contributed by atoms with Crippen LogP contribution in [0.3, 0.4) is 0 Å². The van der Waals surface area contributed by atoms with Crippen molar-refractivity contribution < 1.29 is 18.7 Å². The molecule has 0 aliphatic heterocycles. The van der Waals surface area contributed by atoms with Crippen LogP contribution in [0.1, 0.15) is 59.6 Å². The lowest BCUT2D eigenvalue weighted by atomic mass is 10.0. The average molecular weight is 407 g/mol. The fraction of sp³-hybridized carbons (Fsp3) is 0.292. The largest absolute Gasteiger partial charge is 0.460 e. The van der Waals surface area contributed by atoms with E-state index in [1.807, 2.05) is 12.1 Å². The van der Waals surface area contributed by atoms with Crippen molar-refractivity contribution in [3.63, 3.8) is 0 Å². The molecule has 3 aromatic rings. The third-order valence-electron chi connectivity index (χ3n) is 4.76. The zero-order valence-corrected chi connectivity index (χ0v) is 17.2. The molecule has 1 heterocycles. The summed E-state index contributed by atoms with van der Waals surface area (Å²) in [6, 6.07) is 13.4. The van der Waals surface area contributed by atoms with Crippen LogP contribution in [0.5, 0.6) is 0 Å². The highest BCUT2D eigenvalue weighted by atomic mass is 16.5. The van der Waals surface area contributed by atoms with Crippen LogP contribution in [-0.2, 0) is 11.2 Å². The molecule has 30 heavy (non-hydrogen) atoms. The molecule has 0 fully saturated rings. The van der Waals surface area contributed by atoms with Crippen LogP contribution in [0.25, 0.3) is 11.0 Å². The molecule has 0 aliphatic carbocycles. The first-order chi connectivity index (χ1) is 14.5. The van der Waals surface area contributed by atoms with E-state index in [1.54, 1.807) is 37.3 Å². The van der Waals surface area contributed by atoms with Crippen molar-refractivity contribution in [2.45, 2.75) is 39.5 Å². The lowest BCUT2D eigenvalue weighted by molar-refractivity contribution is 0.0490. The average Bonchev–Trinajstić information content (AvgIpc) is 2.75. The van der Waals surface area contributed by atoms with Crippen molar-refractivity contribution in [2.24, 2.45) is 0 Å². The van der Waals surface area contributed by atoms with Crippen molar-refractivity contribution in [3.8, 4) is 0 Å². The molecule has 0 saturated heterocycles. The predicted octanol–water partition coefficient (Wildman–Crippen LogP) is 4.95. The topological polar surface area (TPSA) is 85.6 Å². The van der Waals surface area contributed by atoms with E-state index in [1.165, 1.54) is 18.4 Å². The third kappa shape index (κ3) is 4.95. The van der Waals surface area contributed by atoms with Gasteiger partial charge in [-0.15, -0.1) is 0 Å². The smallest absolute Gasteiger partial charge is 0.374 e. The monoisotopic (exact) mass is 407 g/mol. The maximum absolute atomic E-state index is 12.7. The molecule has 156 valence electrons. The summed E-state index contributed by atoms with van der Waals surface area (Å²) in [5.74, 6) is -1.25. The van der Waals surface area contributed by atoms with Gasteiger partial charge in [0.2, 0.25) is 5.76 Å². The minimum atomic E-state index is -0.726. The zero-order valence-electron chi connectivity index (χ0n) is 17.2. The van der Waals surface area contributed by atoms with Gasteiger partial charge in [0.15, 0.2) is 11.0 Å². The molecule has 0 radical (unpaired) electrons. The number of fused-ring (bicyclic) bond motifs is 1. The van der Waals surface area contributed by atoms with Gasteiger partial charge in [-0.2, -0.15) is 0 Å². The lowest BCUT2D eigenvalue weighted by Crippen LogP contribution is -2.14. The Labute approximate surface area is 174 Å². The fourth-order valence-corrected chi connectivity index (χ4v) is 3.17. The Hall–Kier alpha value is -3.41. The minimum Gasteiger partial charge on any atom is -0.460 e. The Morgan fingerprint density at radius 1 is 1.03 bits per heavy atom. The molecule has 0 atom stereocenters. The van der Waals surface area contributed by atoms with Gasteiger partial charge in [-0.3, -0.25) is 9.59 Å². The number of unbranched alkanes of at least 4 members (excludes halogenated alkanes) is 2. The van der Waals surface area contributed by atoms with E-state index in [-0.39, 0.29) is 34.7 Å². The van der Waals surface area contributed by atoms with Crippen LogP contribution in [0, 0.1) is 0 Å². The first-order valence-corrected chi connectivity index (χ1v) is 10.2. The maximum atomic E-state index is 12.7. The summed E-state index contributed by atoms with van der Waals surface area (Å²) < 4.78 is 10.5. The van der Waals surface area contributed by atoms with Gasteiger partial charge in [0, 0.05) is 11.6 Å². The van der Waals surface area contributed by atoms with Gasteiger partial charge in [0.1, 0.15) is 0 Å². The number of hydrogen-bond acceptors (Lipinski definition) is 5. The second-order valence-electron chi connectivity index (χ2n) is 6.99. The van der Waals surface area contributed by atoms with Crippen molar-refractivity contribution in [3.05, 3.63) is 75.6 Å². The SMILES string of the molecule is CCCCCc1ccc(C(=O)Nc2cccc3c(=O)cc(C(=O)OCC)oc23)cc1. The highest BCUT2D eigenvalue weighted by molar-refractivity contribution is 6.08. The molecule has 0 unspecified atom stereocenters. The van der Waals surface area contributed by atoms with Crippen LogP contribution in [-0.4, -0.2) is 18.5 Å². The summed E-state index contributed by atoms with van der Waals surface area (Å²) in [6.45, 7) is 3.99. The highest BCUT2D eigenvalue weighted by Gasteiger charge is 2.16. The molecule has 2 aromatic carbocycles. The van der Waals surface area contributed by atoms with E-state index in [9.17, 15) is 14.4 Å². The van der Waals surface area contributed by atoms with Crippen LogP contribution in [0.15, 0.2) is 57.7 Å². The van der Waals surface area contributed by atoms with Crippen molar-refractivity contribution >= 4 is 28.5 Å². The number of anilines is 1. The number of nitrogens with one attached hydrogen (secondary N) is 1. The van der Waals surface area contributed by atoms with E-state index in [4.69, 9.17) is 9.15 Å². The fourth-order valence-electron chi connectivity index (χ4n) is 3.17. The summed E-state index contributed by atoms with van der Waals surface area (Å²) in [7, 11) is 0. The molecule has 0 saturated carbocycles. The molecule has 1 N–H and O–H groups in total. The van der Waals surface area contributed by atoms with E-state index < -0.39 is 5.97 Å². The first-order valence-electron chi connectivity index (χ1n) is 10.2. The molecule has 6 nitrogen and oxygen atoms in total. The molecular weight excluding hydrogens is 382 g/mol. The number of carbonyl (C=O) groups excluding carboxylic acids is 2. The van der Waals surface area contributed by atoms with E-state index in [0.29, 0.717) is 11.3 Å². The van der Waals surface area contributed by atoms with E-state index in [0.717, 1.165) is 18.9 Å². The molecule has 0 aliphatic rings. The van der Waals surface area contributed by atoms with Gasteiger partial charge in [-0.1, -0.05) is 38.0 Å². The summed E-state index contributed by atoms with van der Waals surface area (Å²) in [6.07, 6.45) is 4.46. The normalized spacial score (nSPS) is 10.7. The van der Waals surface area contributed by atoms with Crippen molar-refractivity contribution in [2.75, 3.05) is 11.9 Å². The van der Waals surface area contributed by atoms with Crippen molar-refractivity contribution in [1.82, 2.24) is 0 Å². The lowest BCUT2D eigenvalue weighted by Gasteiger charge is -2.09. The highest BCUT2D eigenvalue weighted by Crippen LogP contribution is 2.23. The van der Waals surface area contributed by atoms with Gasteiger partial charge in [0.25, 0.3) is 5.91 Å². The van der Waals surface area contributed by atoms with Gasteiger partial charge >= 0.3 is 5.97 Å². The molecule has 6 heteroatoms. The minimum absolute atomic E-state index is 0.137. The molecule has 1 amide bonds. The standard InChI is InChI=1S/C24H25NO5/c1-3-5-6-8-16-11-13-17(14-12-16)23(27)25-19-10-7-9-18-20(26)15-21(30-22(18)19)24(28)29-4-2/h7,9-15H,3-6,8H2,1-2H3,(H,25,27). The van der Waals surface area contributed by atoms with E-state index >= 15 is 0 Å². The number of hydrogen-bond donors (Lipinski definition) is 1. The van der Waals surface area contributed by atoms with Gasteiger partial charge in [-0.25, -0.2) is 4.79 Å². The Bertz CT molecular complexity index is 1100. The van der Waals surface area contributed by atoms with Crippen LogP contribution in [0.4, 0.5) is 5.69 Å². The number of ether oxygens (including phenoxy) is 1. The Morgan fingerprint density at radius 3 is 2.50 bits per heavy atom. The second kappa shape index (κ2) is 9.87. The predicted molar refractivity (Wildman–Crippen MR) is 116 cm³/mol. The molecule has 1 aromatic heterocycles. The molecule has 0 bridgehead atoms. The summed E-state index contributed by atoms with van der Waals surface area (Å²) in [5, 5.41) is 3.05. The van der Waals surface area contributed by atoms with Gasteiger partial charge < -0.3 is 14.5 Å². The van der Waals surface area contributed by atoms with Crippen LogP contribution >= 0.6 is 0 Å². The number of para-hydroxylation sites is 1. The Kier molecular flexibility index (Phi) is 7.01. The molecule has 0 spiro atoms. The first kappa shape index (κ1) is 21.3. The second-order valence-corrected chi connectivity index (χ2v) is 6.99. The Morgan fingerprint density at radius 2 is 1.80 bits per heavy atom. The maximum Gasteiger partial charge on any atom is 0.374 e. The van der Waals surface area contributed by atoms with Crippen molar-refractivity contribution in [1.29, 1.82) is 0 Å². The van der Waals surface area contributed by atoms with Gasteiger partial charge in [0.05, 0.1) is 17.7 Å². The Balaban J connectivity index is 1.85. The molecule has 3 rings (SSSR count). The van der Waals surface area contributed by atoms with Gasteiger partial charge in [-0.05, 0) is 49.6 Å². The summed E-state index contributed by atoms with van der Waals surface area (Å²) in [4.78, 5) is 37.1. The number of carbonyl (C=O) groups is 2. The number of benzene rings is 2. The van der Waals surface area contributed by atoms with Crippen LogP contribution in [0.2, 0.25) is 0 Å². The van der Waals surface area contributed by atoms with E-state index in [2.05, 4.69) is 12.2 Å². The number of aryl methyl sites for hydroxylation is 1. The molecular formula is C24H25NO5. The summed E-state index contributed by atoms with van der Waals surface area (Å²) in [5.41, 5.74) is 1.75.